The molecule has 180 valence electrons. The van der Waals surface area contributed by atoms with Gasteiger partial charge in [0, 0.05) is 44.1 Å². The second-order valence-corrected chi connectivity index (χ2v) is 8.53. The highest BCUT2D eigenvalue weighted by Gasteiger charge is 2.25. The largest absolute Gasteiger partial charge is 0.438 e. The lowest BCUT2D eigenvalue weighted by Crippen LogP contribution is -2.40. The van der Waals surface area contributed by atoms with Gasteiger partial charge in [-0.1, -0.05) is 18.2 Å². The molecule has 1 fully saturated rings. The molecular weight excluding hydrogens is 452 g/mol. The predicted molar refractivity (Wildman–Crippen MR) is 136 cm³/mol. The predicted octanol–water partition coefficient (Wildman–Crippen LogP) is 4.61. The van der Waals surface area contributed by atoms with E-state index >= 15 is 0 Å². The van der Waals surface area contributed by atoms with Crippen LogP contribution in [0.15, 0.2) is 54.9 Å². The number of halogens is 1. The number of para-hydroxylation sites is 1. The van der Waals surface area contributed by atoms with Gasteiger partial charge in [-0.25, -0.2) is 9.97 Å². The molecule has 0 spiro atoms. The molecule has 1 aliphatic carbocycles. The van der Waals surface area contributed by atoms with Crippen LogP contribution in [0.4, 0.5) is 11.8 Å². The fourth-order valence-electron chi connectivity index (χ4n) is 4.03. The molecule has 1 amide bonds. The summed E-state index contributed by atoms with van der Waals surface area (Å²) in [5.41, 5.74) is 1.48. The first-order chi connectivity index (χ1) is 16.0. The van der Waals surface area contributed by atoms with Gasteiger partial charge in [-0.15, -0.1) is 12.4 Å². The smallest absolute Gasteiger partial charge is 0.257 e. The number of aromatic nitrogens is 3. The molecule has 0 radical (unpaired) electrons. The number of anilines is 2. The van der Waals surface area contributed by atoms with E-state index in [2.05, 4.69) is 25.6 Å². The van der Waals surface area contributed by atoms with Gasteiger partial charge in [0.25, 0.3) is 5.91 Å². The summed E-state index contributed by atoms with van der Waals surface area (Å²) < 4.78 is 5.84. The second-order valence-electron chi connectivity index (χ2n) is 8.53. The molecule has 0 atom stereocenters. The Morgan fingerprint density at radius 1 is 1.00 bits per heavy atom. The Morgan fingerprint density at radius 3 is 2.41 bits per heavy atom. The fraction of sp³-hybridized carbons (Fsp3) is 0.360. The maximum atomic E-state index is 13.0. The Kier molecular flexibility index (Phi) is 8.65. The Labute approximate surface area is 206 Å². The number of aryl methyl sites for hydroxylation is 1. The lowest BCUT2D eigenvalue weighted by Gasteiger charge is -2.30. The van der Waals surface area contributed by atoms with Crippen molar-refractivity contribution in [2.75, 3.05) is 24.3 Å². The van der Waals surface area contributed by atoms with E-state index in [1.54, 1.807) is 18.3 Å². The topological polar surface area (TPSA) is 92.3 Å². The molecule has 1 aliphatic rings. The van der Waals surface area contributed by atoms with Crippen LogP contribution in [-0.4, -0.2) is 47.0 Å². The molecule has 0 unspecified atom stereocenters. The number of carbonyl (C=O) groups excluding carboxylic acids is 1. The molecule has 2 N–H and O–H groups in total. The van der Waals surface area contributed by atoms with E-state index in [4.69, 9.17) is 4.74 Å². The van der Waals surface area contributed by atoms with E-state index in [0.29, 0.717) is 23.1 Å². The van der Waals surface area contributed by atoms with Crippen LogP contribution in [-0.2, 0) is 0 Å². The Morgan fingerprint density at radius 2 is 1.71 bits per heavy atom. The molecule has 2 aromatic heterocycles. The normalized spacial score (nSPS) is 17.3. The minimum absolute atomic E-state index is 0. The van der Waals surface area contributed by atoms with Crippen LogP contribution in [0.3, 0.4) is 0 Å². The number of nitrogens with one attached hydrogen (secondary N) is 2. The van der Waals surface area contributed by atoms with Crippen molar-refractivity contribution in [3.05, 3.63) is 66.0 Å². The van der Waals surface area contributed by atoms with Crippen LogP contribution in [0.1, 0.15) is 41.6 Å². The van der Waals surface area contributed by atoms with Crippen molar-refractivity contribution < 1.29 is 9.53 Å². The summed E-state index contributed by atoms with van der Waals surface area (Å²) in [4.78, 5) is 28.3. The first-order valence-electron chi connectivity index (χ1n) is 11.3. The summed E-state index contributed by atoms with van der Waals surface area (Å²) in [6.45, 7) is 2.01. The number of pyridine rings is 1. The maximum Gasteiger partial charge on any atom is 0.257 e. The van der Waals surface area contributed by atoms with E-state index in [-0.39, 0.29) is 30.4 Å². The van der Waals surface area contributed by atoms with Crippen LogP contribution < -0.4 is 20.3 Å². The van der Waals surface area contributed by atoms with Gasteiger partial charge in [-0.3, -0.25) is 4.79 Å². The summed E-state index contributed by atoms with van der Waals surface area (Å²) in [5.74, 6) is 2.36. The van der Waals surface area contributed by atoms with Gasteiger partial charge >= 0.3 is 0 Å². The quantitative estimate of drug-likeness (QED) is 0.507. The molecule has 0 bridgehead atoms. The summed E-state index contributed by atoms with van der Waals surface area (Å²) >= 11 is 0. The standard InChI is InChI=1S/C25H30N6O2.ClH/c1-17-16-27-25(30-22(17)31(2)3)29-19-13-11-18(12-14-19)28-23(32)21-10-7-15-26-24(21)33-20-8-5-4-6-9-20;/h4-10,15-16,18-19H,11-14H2,1-3H3,(H,28,32)(H,27,29,30);1H. The molecule has 3 aromatic rings. The first kappa shape index (κ1) is 25.2. The van der Waals surface area contributed by atoms with Crippen molar-refractivity contribution >= 4 is 30.1 Å². The van der Waals surface area contributed by atoms with Crippen LogP contribution in [0.25, 0.3) is 0 Å². The van der Waals surface area contributed by atoms with E-state index in [0.717, 1.165) is 37.1 Å². The highest BCUT2D eigenvalue weighted by Crippen LogP contribution is 2.25. The third-order valence-corrected chi connectivity index (χ3v) is 5.74. The minimum Gasteiger partial charge on any atom is -0.438 e. The highest BCUT2D eigenvalue weighted by atomic mass is 35.5. The fourth-order valence-corrected chi connectivity index (χ4v) is 4.03. The molecule has 34 heavy (non-hydrogen) atoms. The van der Waals surface area contributed by atoms with Crippen molar-refractivity contribution in [2.24, 2.45) is 0 Å². The van der Waals surface area contributed by atoms with Crippen molar-refractivity contribution in [3.8, 4) is 11.6 Å². The second kappa shape index (κ2) is 11.7. The van der Waals surface area contributed by atoms with Crippen molar-refractivity contribution in [1.29, 1.82) is 0 Å². The first-order valence-corrected chi connectivity index (χ1v) is 11.3. The van der Waals surface area contributed by atoms with Gasteiger partial charge in [0.15, 0.2) is 0 Å². The Hall–Kier alpha value is -3.39. The van der Waals surface area contributed by atoms with Crippen LogP contribution in [0.5, 0.6) is 11.6 Å². The number of rotatable bonds is 7. The van der Waals surface area contributed by atoms with E-state index in [1.165, 1.54) is 0 Å². The summed E-state index contributed by atoms with van der Waals surface area (Å²) in [7, 11) is 3.96. The monoisotopic (exact) mass is 482 g/mol. The van der Waals surface area contributed by atoms with Gasteiger partial charge in [-0.2, -0.15) is 4.98 Å². The third kappa shape index (κ3) is 6.35. The molecule has 8 nitrogen and oxygen atoms in total. The molecule has 1 saturated carbocycles. The van der Waals surface area contributed by atoms with Crippen LogP contribution in [0, 0.1) is 6.92 Å². The van der Waals surface area contributed by atoms with E-state index in [1.807, 2.05) is 62.4 Å². The van der Waals surface area contributed by atoms with Gasteiger partial charge < -0.3 is 20.3 Å². The summed E-state index contributed by atoms with van der Waals surface area (Å²) in [6.07, 6.45) is 7.09. The number of amides is 1. The zero-order valence-electron chi connectivity index (χ0n) is 19.7. The SMILES string of the molecule is Cc1cnc(NC2CCC(NC(=O)c3cccnc3Oc3ccccc3)CC2)nc1N(C)C.Cl. The lowest BCUT2D eigenvalue weighted by atomic mass is 9.91. The van der Waals surface area contributed by atoms with Gasteiger partial charge in [0.05, 0.1) is 0 Å². The van der Waals surface area contributed by atoms with Crippen molar-refractivity contribution in [1.82, 2.24) is 20.3 Å². The molecule has 0 aliphatic heterocycles. The van der Waals surface area contributed by atoms with E-state index < -0.39 is 0 Å². The summed E-state index contributed by atoms with van der Waals surface area (Å²) in [6, 6.07) is 13.2. The minimum atomic E-state index is -0.164. The highest BCUT2D eigenvalue weighted by molar-refractivity contribution is 5.96. The zero-order chi connectivity index (χ0) is 23.2. The molecule has 0 saturated heterocycles. The lowest BCUT2D eigenvalue weighted by molar-refractivity contribution is 0.0923. The molecular formula is C25H31ClN6O2. The zero-order valence-corrected chi connectivity index (χ0v) is 20.5. The summed E-state index contributed by atoms with van der Waals surface area (Å²) in [5, 5.41) is 6.61. The number of hydrogen-bond donors (Lipinski definition) is 2. The molecule has 9 heteroatoms. The number of benzene rings is 1. The average Bonchev–Trinajstić information content (AvgIpc) is 2.82. The van der Waals surface area contributed by atoms with Crippen molar-refractivity contribution in [3.63, 3.8) is 0 Å². The number of hydrogen-bond acceptors (Lipinski definition) is 7. The van der Waals surface area contributed by atoms with Gasteiger partial charge in [-0.05, 0) is 56.9 Å². The van der Waals surface area contributed by atoms with E-state index in [9.17, 15) is 4.79 Å². The third-order valence-electron chi connectivity index (χ3n) is 5.74. The van der Waals surface area contributed by atoms with Crippen molar-refractivity contribution in [2.45, 2.75) is 44.7 Å². The van der Waals surface area contributed by atoms with Gasteiger partial charge in [0.2, 0.25) is 11.8 Å². The molecule has 2 heterocycles. The Balaban J connectivity index is 0.00000324. The number of ether oxygens (including phenoxy) is 1. The Bertz CT molecular complexity index is 1090. The maximum absolute atomic E-state index is 13.0. The average molecular weight is 483 g/mol. The van der Waals surface area contributed by atoms with Crippen LogP contribution >= 0.6 is 12.4 Å². The van der Waals surface area contributed by atoms with Crippen LogP contribution in [0.2, 0.25) is 0 Å². The number of carbonyl (C=O) groups is 1. The van der Waals surface area contributed by atoms with Gasteiger partial charge in [0.1, 0.15) is 17.1 Å². The molecule has 4 rings (SSSR count). The number of nitrogens with zero attached hydrogens (tertiary/aromatic N) is 4. The molecule has 1 aromatic carbocycles.